The quantitative estimate of drug-likeness (QED) is 0.741. The van der Waals surface area contributed by atoms with Crippen molar-refractivity contribution in [3.05, 3.63) is 34.0 Å². The predicted octanol–water partition coefficient (Wildman–Crippen LogP) is 1.72. The highest BCUT2D eigenvalue weighted by Crippen LogP contribution is 2.33. The number of anilines is 1. The molecule has 0 bridgehead atoms. The van der Waals surface area contributed by atoms with Gasteiger partial charge in [-0.25, -0.2) is 19.1 Å². The number of carboxylic acids is 1. The molecule has 2 aromatic rings. The van der Waals surface area contributed by atoms with E-state index >= 15 is 0 Å². The molecule has 4 N–H and O–H groups in total. The van der Waals surface area contributed by atoms with Gasteiger partial charge in [-0.2, -0.15) is 0 Å². The van der Waals surface area contributed by atoms with Gasteiger partial charge in [-0.15, -0.1) is 5.10 Å². The average Bonchev–Trinajstić information content (AvgIpc) is 2.74. The van der Waals surface area contributed by atoms with Crippen molar-refractivity contribution in [1.82, 2.24) is 14.8 Å². The zero-order chi connectivity index (χ0) is 15.7. The highest BCUT2D eigenvalue weighted by Gasteiger charge is 2.18. The summed E-state index contributed by atoms with van der Waals surface area (Å²) in [5.74, 6) is -2.29. The highest BCUT2D eigenvalue weighted by atomic mass is 32.2. The zero-order valence-electron chi connectivity index (χ0n) is 11.3. The van der Waals surface area contributed by atoms with Crippen molar-refractivity contribution in [3.63, 3.8) is 0 Å². The van der Waals surface area contributed by atoms with Crippen molar-refractivity contribution in [2.45, 2.75) is 29.9 Å². The molecule has 0 unspecified atom stereocenters. The minimum absolute atomic E-state index is 0.101. The standard InChI is InChI=1S/C12H13FN4O3S/c1-5(2)17-11(20)15-16-12(17)21-9-4-7(13)6(10(18)19)3-8(9)14/h3-5H,14H2,1-2H3,(H,15,20)(H,18,19). The molecule has 0 saturated heterocycles. The van der Waals surface area contributed by atoms with Crippen molar-refractivity contribution in [1.29, 1.82) is 0 Å². The minimum Gasteiger partial charge on any atom is -0.478 e. The first-order chi connectivity index (χ1) is 9.81. The SMILES string of the molecule is CC(C)n1c(Sc2cc(F)c(C(=O)O)cc2N)n[nH]c1=O. The Morgan fingerprint density at radius 2 is 2.19 bits per heavy atom. The third-order valence-corrected chi connectivity index (χ3v) is 3.76. The van der Waals surface area contributed by atoms with Gasteiger partial charge < -0.3 is 10.8 Å². The monoisotopic (exact) mass is 312 g/mol. The number of nitrogens with one attached hydrogen (secondary N) is 1. The van der Waals surface area contributed by atoms with Crippen LogP contribution < -0.4 is 11.4 Å². The molecule has 0 fully saturated rings. The Bertz CT molecular complexity index is 753. The van der Waals surface area contributed by atoms with Crippen molar-refractivity contribution in [3.8, 4) is 0 Å². The summed E-state index contributed by atoms with van der Waals surface area (Å²) in [5.41, 5.74) is 4.95. The van der Waals surface area contributed by atoms with E-state index < -0.39 is 17.3 Å². The Morgan fingerprint density at radius 3 is 2.76 bits per heavy atom. The number of aromatic carboxylic acids is 1. The Balaban J connectivity index is 2.44. The number of rotatable bonds is 4. The Kier molecular flexibility index (Phi) is 4.03. The molecule has 0 radical (unpaired) electrons. The molecule has 112 valence electrons. The number of H-pyrrole nitrogens is 1. The molecular weight excluding hydrogens is 299 g/mol. The number of nitrogens with zero attached hydrogens (tertiary/aromatic N) is 2. The second-order valence-electron chi connectivity index (χ2n) is 4.55. The van der Waals surface area contributed by atoms with E-state index in [-0.39, 0.29) is 17.4 Å². The van der Waals surface area contributed by atoms with Crippen molar-refractivity contribution in [2.75, 3.05) is 5.73 Å². The predicted molar refractivity (Wildman–Crippen MR) is 75.1 cm³/mol. The number of benzene rings is 1. The maximum absolute atomic E-state index is 13.7. The lowest BCUT2D eigenvalue weighted by Crippen LogP contribution is -2.19. The van der Waals surface area contributed by atoms with Gasteiger partial charge >= 0.3 is 11.7 Å². The maximum atomic E-state index is 13.7. The van der Waals surface area contributed by atoms with Crippen LogP contribution in [0.5, 0.6) is 0 Å². The normalized spacial score (nSPS) is 11.0. The van der Waals surface area contributed by atoms with Crippen LogP contribution in [0.15, 0.2) is 27.0 Å². The Hall–Kier alpha value is -2.29. The van der Waals surface area contributed by atoms with E-state index in [1.165, 1.54) is 4.57 Å². The molecule has 21 heavy (non-hydrogen) atoms. The van der Waals surface area contributed by atoms with E-state index in [0.29, 0.717) is 10.1 Å². The van der Waals surface area contributed by atoms with Crippen LogP contribution in [0, 0.1) is 5.82 Å². The third kappa shape index (κ3) is 2.92. The first-order valence-corrected chi connectivity index (χ1v) is 6.80. The molecule has 0 spiro atoms. The van der Waals surface area contributed by atoms with Crippen LogP contribution in [0.2, 0.25) is 0 Å². The van der Waals surface area contributed by atoms with Crippen molar-refractivity contribution >= 4 is 23.4 Å². The molecule has 1 aromatic heterocycles. The lowest BCUT2D eigenvalue weighted by Gasteiger charge is -2.10. The number of aromatic nitrogens is 3. The number of halogens is 1. The van der Waals surface area contributed by atoms with Crippen LogP contribution in [0.3, 0.4) is 0 Å². The van der Waals surface area contributed by atoms with E-state index in [4.69, 9.17) is 10.8 Å². The van der Waals surface area contributed by atoms with E-state index in [2.05, 4.69) is 10.2 Å². The van der Waals surface area contributed by atoms with Crippen molar-refractivity contribution < 1.29 is 14.3 Å². The van der Waals surface area contributed by atoms with Crippen LogP contribution in [-0.2, 0) is 0 Å². The number of carbonyl (C=O) groups is 1. The molecule has 9 heteroatoms. The van der Waals surface area contributed by atoms with Gasteiger partial charge in [-0.3, -0.25) is 4.57 Å². The molecule has 2 rings (SSSR count). The smallest absolute Gasteiger partial charge is 0.344 e. The van der Waals surface area contributed by atoms with Crippen LogP contribution in [-0.4, -0.2) is 25.8 Å². The number of hydrogen-bond donors (Lipinski definition) is 3. The minimum atomic E-state index is -1.39. The fraction of sp³-hybridized carbons (Fsp3) is 0.250. The first-order valence-electron chi connectivity index (χ1n) is 5.98. The van der Waals surface area contributed by atoms with Gasteiger partial charge in [0.15, 0.2) is 5.16 Å². The fourth-order valence-corrected chi connectivity index (χ4v) is 2.76. The zero-order valence-corrected chi connectivity index (χ0v) is 12.1. The summed E-state index contributed by atoms with van der Waals surface area (Å²) in [6.07, 6.45) is 0. The van der Waals surface area contributed by atoms with E-state index in [1.807, 2.05) is 0 Å². The van der Waals surface area contributed by atoms with Gasteiger partial charge in [0.1, 0.15) is 5.82 Å². The molecule has 0 aliphatic carbocycles. The van der Waals surface area contributed by atoms with Gasteiger partial charge in [-0.1, -0.05) is 0 Å². The second-order valence-corrected chi connectivity index (χ2v) is 5.56. The molecule has 0 aliphatic heterocycles. The van der Waals surface area contributed by atoms with E-state index in [0.717, 1.165) is 23.9 Å². The lowest BCUT2D eigenvalue weighted by atomic mass is 10.2. The largest absolute Gasteiger partial charge is 0.478 e. The molecule has 0 aliphatic rings. The van der Waals surface area contributed by atoms with Gasteiger partial charge in [0, 0.05) is 16.6 Å². The Morgan fingerprint density at radius 1 is 1.52 bits per heavy atom. The molecular formula is C12H13FN4O3S. The number of nitrogen functional groups attached to an aromatic ring is 1. The summed E-state index contributed by atoms with van der Waals surface area (Å²) in [6, 6.07) is 1.93. The average molecular weight is 312 g/mol. The van der Waals surface area contributed by atoms with Gasteiger partial charge in [0.25, 0.3) is 0 Å². The summed E-state index contributed by atoms with van der Waals surface area (Å²) in [4.78, 5) is 22.7. The molecule has 1 heterocycles. The molecule has 7 nitrogen and oxygen atoms in total. The molecule has 0 amide bonds. The van der Waals surface area contributed by atoms with Crippen LogP contribution in [0.4, 0.5) is 10.1 Å². The third-order valence-electron chi connectivity index (χ3n) is 2.72. The number of carboxylic acid groups (broad SMARTS) is 1. The molecule has 0 atom stereocenters. The van der Waals surface area contributed by atoms with E-state index in [9.17, 15) is 14.0 Å². The Labute approximate surface area is 123 Å². The summed E-state index contributed by atoms with van der Waals surface area (Å²) >= 11 is 0.987. The maximum Gasteiger partial charge on any atom is 0.344 e. The topological polar surface area (TPSA) is 114 Å². The summed E-state index contributed by atoms with van der Waals surface area (Å²) in [6.45, 7) is 3.61. The van der Waals surface area contributed by atoms with Crippen LogP contribution >= 0.6 is 11.8 Å². The second kappa shape index (κ2) is 5.60. The number of nitrogens with two attached hydrogens (primary N) is 1. The van der Waals surface area contributed by atoms with Crippen LogP contribution in [0.1, 0.15) is 30.2 Å². The first kappa shape index (κ1) is 15.1. The lowest BCUT2D eigenvalue weighted by molar-refractivity contribution is 0.0692. The van der Waals surface area contributed by atoms with Gasteiger partial charge in [0.2, 0.25) is 0 Å². The summed E-state index contributed by atoms with van der Waals surface area (Å²) in [7, 11) is 0. The molecule has 0 saturated carbocycles. The van der Waals surface area contributed by atoms with E-state index in [1.54, 1.807) is 13.8 Å². The fourth-order valence-electron chi connectivity index (χ4n) is 1.74. The summed E-state index contributed by atoms with van der Waals surface area (Å²) < 4.78 is 15.1. The summed E-state index contributed by atoms with van der Waals surface area (Å²) in [5, 5.41) is 15.3. The number of hydrogen-bond acceptors (Lipinski definition) is 5. The number of aromatic amines is 1. The van der Waals surface area contributed by atoms with Crippen LogP contribution in [0.25, 0.3) is 0 Å². The van der Waals surface area contributed by atoms with Crippen molar-refractivity contribution in [2.24, 2.45) is 0 Å². The highest BCUT2D eigenvalue weighted by molar-refractivity contribution is 7.99. The molecule has 1 aromatic carbocycles. The van der Waals surface area contributed by atoms with Gasteiger partial charge in [-0.05, 0) is 37.7 Å². The van der Waals surface area contributed by atoms with Gasteiger partial charge in [0.05, 0.1) is 5.56 Å².